The van der Waals surface area contributed by atoms with Crippen molar-refractivity contribution in [2.24, 2.45) is 0 Å². The van der Waals surface area contributed by atoms with Gasteiger partial charge in [-0.15, -0.1) is 0 Å². The highest BCUT2D eigenvalue weighted by molar-refractivity contribution is 6.02. The van der Waals surface area contributed by atoms with Gasteiger partial charge in [0.15, 0.2) is 11.5 Å². The van der Waals surface area contributed by atoms with Crippen molar-refractivity contribution >= 4 is 16.9 Å². The molecule has 0 spiro atoms. The van der Waals surface area contributed by atoms with E-state index < -0.39 is 17.2 Å². The lowest BCUT2D eigenvalue weighted by molar-refractivity contribution is 0.0957. The number of rotatable bonds is 5. The van der Waals surface area contributed by atoms with E-state index in [4.69, 9.17) is 4.74 Å². The van der Waals surface area contributed by atoms with Gasteiger partial charge in [0, 0.05) is 31.8 Å². The summed E-state index contributed by atoms with van der Waals surface area (Å²) in [4.78, 5) is 29.6. The van der Waals surface area contributed by atoms with Gasteiger partial charge in [-0.3, -0.25) is 19.1 Å². The third-order valence-corrected chi connectivity index (χ3v) is 5.14. The van der Waals surface area contributed by atoms with Crippen molar-refractivity contribution < 1.29 is 19.0 Å². The van der Waals surface area contributed by atoms with Crippen LogP contribution in [0.1, 0.15) is 21.5 Å². The van der Waals surface area contributed by atoms with Crippen LogP contribution in [-0.4, -0.2) is 47.3 Å². The molecule has 1 unspecified atom stereocenters. The first-order chi connectivity index (χ1) is 14.4. The van der Waals surface area contributed by atoms with Gasteiger partial charge in [0.1, 0.15) is 28.5 Å². The molecule has 3 heterocycles. The van der Waals surface area contributed by atoms with Crippen LogP contribution >= 0.6 is 0 Å². The lowest BCUT2D eigenvalue weighted by Crippen LogP contribution is -2.42. The number of carbonyl (C=O) groups excluding carboxylic acids is 1. The second-order valence-corrected chi connectivity index (χ2v) is 7.13. The van der Waals surface area contributed by atoms with Crippen molar-refractivity contribution in [3.05, 3.63) is 63.3 Å². The molecular formula is C21H21FN4O4. The second-order valence-electron chi connectivity index (χ2n) is 7.13. The van der Waals surface area contributed by atoms with Crippen LogP contribution in [0.3, 0.4) is 0 Å². The van der Waals surface area contributed by atoms with Gasteiger partial charge < -0.3 is 20.5 Å². The minimum atomic E-state index is -0.682. The zero-order chi connectivity index (χ0) is 21.4. The Kier molecular flexibility index (Phi) is 5.13. The maximum atomic E-state index is 13.3. The van der Waals surface area contributed by atoms with Gasteiger partial charge in [0.25, 0.3) is 11.5 Å². The SMILES string of the molecule is CNCC1Cn2c(=O)c(C(=O)NC)c(O)c3ncc(Cc4ccc(F)cc4)c(c32)O1. The average molecular weight is 412 g/mol. The molecule has 4 rings (SSSR count). The van der Waals surface area contributed by atoms with Crippen LogP contribution in [-0.2, 0) is 13.0 Å². The van der Waals surface area contributed by atoms with Gasteiger partial charge in [-0.1, -0.05) is 12.1 Å². The molecule has 3 N–H and O–H groups in total. The molecule has 0 bridgehead atoms. The summed E-state index contributed by atoms with van der Waals surface area (Å²) in [6, 6.07) is 6.08. The molecule has 1 amide bonds. The lowest BCUT2D eigenvalue weighted by Gasteiger charge is -2.29. The van der Waals surface area contributed by atoms with Gasteiger partial charge in [0.2, 0.25) is 0 Å². The molecule has 3 aromatic rings. The number of carbonyl (C=O) groups is 1. The standard InChI is InChI=1S/C21H21FN4O4/c1-23-9-14-10-26-17-16(18(27)15(21(26)29)20(28)24-2)25-8-12(19(17)30-14)7-11-3-5-13(22)6-4-11/h3-6,8,14,23,27H,7,9-10H2,1-2H3,(H,24,28). The molecule has 0 fully saturated rings. The van der Waals surface area contributed by atoms with E-state index >= 15 is 0 Å². The predicted molar refractivity (Wildman–Crippen MR) is 109 cm³/mol. The predicted octanol–water partition coefficient (Wildman–Crippen LogP) is 1.17. The molecule has 9 heteroatoms. The normalized spacial score (nSPS) is 15.1. The molecule has 30 heavy (non-hydrogen) atoms. The van der Waals surface area contributed by atoms with Crippen LogP contribution in [0, 0.1) is 5.82 Å². The van der Waals surface area contributed by atoms with Crippen molar-refractivity contribution in [2.45, 2.75) is 19.1 Å². The van der Waals surface area contributed by atoms with Crippen LogP contribution in [0.15, 0.2) is 35.3 Å². The quantitative estimate of drug-likeness (QED) is 0.581. The topological polar surface area (TPSA) is 105 Å². The number of hydrogen-bond donors (Lipinski definition) is 3. The summed E-state index contributed by atoms with van der Waals surface area (Å²) in [5, 5.41) is 16.0. The number of hydrogen-bond acceptors (Lipinski definition) is 6. The van der Waals surface area contributed by atoms with E-state index in [0.29, 0.717) is 29.8 Å². The van der Waals surface area contributed by atoms with Gasteiger partial charge in [-0.2, -0.15) is 0 Å². The third kappa shape index (κ3) is 3.26. The number of benzene rings is 1. The van der Waals surface area contributed by atoms with Crippen molar-refractivity contribution in [3.8, 4) is 11.5 Å². The summed E-state index contributed by atoms with van der Waals surface area (Å²) in [6.45, 7) is 0.678. The molecule has 156 valence electrons. The molecule has 0 saturated heterocycles. The minimum Gasteiger partial charge on any atom is -0.505 e. The summed E-state index contributed by atoms with van der Waals surface area (Å²) in [5.41, 5.74) is 1.04. The molecule has 0 saturated carbocycles. The summed E-state index contributed by atoms with van der Waals surface area (Å²) < 4.78 is 20.8. The summed E-state index contributed by atoms with van der Waals surface area (Å²) in [7, 11) is 3.16. The second kappa shape index (κ2) is 7.75. The highest BCUT2D eigenvalue weighted by Crippen LogP contribution is 2.37. The fraction of sp³-hybridized carbons (Fsp3) is 0.286. The zero-order valence-electron chi connectivity index (χ0n) is 16.5. The summed E-state index contributed by atoms with van der Waals surface area (Å²) >= 11 is 0. The van der Waals surface area contributed by atoms with Crippen molar-refractivity contribution in [1.82, 2.24) is 20.2 Å². The Labute approximate surface area is 171 Å². The number of nitrogens with zero attached hydrogens (tertiary/aromatic N) is 2. The van der Waals surface area contributed by atoms with E-state index in [1.165, 1.54) is 23.7 Å². The molecule has 0 aliphatic carbocycles. The highest BCUT2D eigenvalue weighted by Gasteiger charge is 2.31. The molecule has 1 atom stereocenters. The Bertz CT molecular complexity index is 1190. The molecule has 1 aliphatic heterocycles. The van der Waals surface area contributed by atoms with E-state index in [-0.39, 0.29) is 29.5 Å². The van der Waals surface area contributed by atoms with E-state index in [2.05, 4.69) is 15.6 Å². The maximum absolute atomic E-state index is 13.3. The Morgan fingerprint density at radius 2 is 2.07 bits per heavy atom. The molecule has 1 aromatic carbocycles. The number of halogens is 1. The van der Waals surface area contributed by atoms with E-state index in [9.17, 15) is 19.1 Å². The van der Waals surface area contributed by atoms with Gasteiger partial charge >= 0.3 is 0 Å². The number of aromatic nitrogens is 2. The Balaban J connectivity index is 1.94. The molecular weight excluding hydrogens is 391 g/mol. The molecule has 0 radical (unpaired) electrons. The Morgan fingerprint density at radius 3 is 2.73 bits per heavy atom. The fourth-order valence-electron chi connectivity index (χ4n) is 3.73. The molecule has 1 aliphatic rings. The van der Waals surface area contributed by atoms with Gasteiger partial charge in [0.05, 0.1) is 6.54 Å². The maximum Gasteiger partial charge on any atom is 0.268 e. The molecule has 8 nitrogen and oxygen atoms in total. The fourth-order valence-corrected chi connectivity index (χ4v) is 3.73. The van der Waals surface area contributed by atoms with Crippen molar-refractivity contribution in [3.63, 3.8) is 0 Å². The lowest BCUT2D eigenvalue weighted by atomic mass is 10.0. The van der Waals surface area contributed by atoms with Crippen LogP contribution in [0.5, 0.6) is 11.5 Å². The number of nitrogens with one attached hydrogen (secondary N) is 2. The molecule has 2 aromatic heterocycles. The van der Waals surface area contributed by atoms with Gasteiger partial charge in [-0.05, 0) is 24.7 Å². The number of ether oxygens (including phenoxy) is 1. The van der Waals surface area contributed by atoms with Gasteiger partial charge in [-0.25, -0.2) is 4.39 Å². The van der Waals surface area contributed by atoms with E-state index in [1.807, 2.05) is 0 Å². The summed E-state index contributed by atoms with van der Waals surface area (Å²) in [6.07, 6.45) is 1.59. The van der Waals surface area contributed by atoms with Crippen molar-refractivity contribution in [2.75, 3.05) is 20.6 Å². The smallest absolute Gasteiger partial charge is 0.268 e. The monoisotopic (exact) mass is 412 g/mol. The van der Waals surface area contributed by atoms with Crippen LogP contribution in [0.2, 0.25) is 0 Å². The Hall–Kier alpha value is -3.46. The third-order valence-electron chi connectivity index (χ3n) is 5.14. The first-order valence-electron chi connectivity index (χ1n) is 9.49. The first kappa shape index (κ1) is 19.8. The van der Waals surface area contributed by atoms with E-state index in [1.54, 1.807) is 25.4 Å². The number of pyridine rings is 2. The largest absolute Gasteiger partial charge is 0.505 e. The minimum absolute atomic E-state index is 0.119. The average Bonchev–Trinajstić information content (AvgIpc) is 2.74. The summed E-state index contributed by atoms with van der Waals surface area (Å²) in [5.74, 6) is -1.07. The number of aromatic hydroxyl groups is 1. The van der Waals surface area contributed by atoms with E-state index in [0.717, 1.165) is 5.56 Å². The van der Waals surface area contributed by atoms with Crippen molar-refractivity contribution in [1.29, 1.82) is 0 Å². The number of likely N-dealkylation sites (N-methyl/N-ethyl adjacent to an activating group) is 1. The van der Waals surface area contributed by atoms with Crippen LogP contribution in [0.4, 0.5) is 4.39 Å². The Morgan fingerprint density at radius 1 is 1.33 bits per heavy atom. The van der Waals surface area contributed by atoms with Crippen LogP contribution < -0.4 is 20.9 Å². The highest BCUT2D eigenvalue weighted by atomic mass is 19.1. The first-order valence-corrected chi connectivity index (χ1v) is 9.49. The van der Waals surface area contributed by atoms with Crippen LogP contribution in [0.25, 0.3) is 11.0 Å². The number of amides is 1. The zero-order valence-corrected chi connectivity index (χ0v) is 16.5.